The van der Waals surface area contributed by atoms with Gasteiger partial charge >= 0.3 is 5.97 Å². The quantitative estimate of drug-likeness (QED) is 0.872. The summed E-state index contributed by atoms with van der Waals surface area (Å²) in [5.41, 5.74) is 0.586. The molecule has 6 nitrogen and oxygen atoms in total. The molecule has 1 aromatic heterocycles. The number of carboxylic acids is 1. The van der Waals surface area contributed by atoms with E-state index in [1.165, 1.54) is 0 Å². The number of likely N-dealkylation sites (tertiary alicyclic amines) is 1. The highest BCUT2D eigenvalue weighted by atomic mass is 16.4. The van der Waals surface area contributed by atoms with Crippen LogP contribution in [0.1, 0.15) is 42.4 Å². The number of H-pyrrole nitrogens is 1. The van der Waals surface area contributed by atoms with Gasteiger partial charge in [-0.1, -0.05) is 13.3 Å². The smallest absolute Gasteiger partial charge is 0.311 e. The second-order valence-corrected chi connectivity index (χ2v) is 5.87. The maximum Gasteiger partial charge on any atom is 0.311 e. The Balaban J connectivity index is 1.80. The topological polar surface area (TPSA) is 86.3 Å². The Morgan fingerprint density at radius 1 is 1.60 bits per heavy atom. The van der Waals surface area contributed by atoms with Crippen LogP contribution in [0.4, 0.5) is 0 Å². The SMILES string of the molecule is CCc1cc(C(=O)N2C[C@@H]3CCC[C@@]3(C(=O)O)C2)n[nH]1. The first-order chi connectivity index (χ1) is 9.56. The molecular weight excluding hydrogens is 258 g/mol. The Morgan fingerprint density at radius 2 is 2.40 bits per heavy atom. The molecule has 0 bridgehead atoms. The molecule has 2 N–H and O–H groups in total. The molecule has 1 aliphatic carbocycles. The maximum atomic E-state index is 12.4. The second kappa shape index (κ2) is 4.61. The van der Waals surface area contributed by atoms with Crippen molar-refractivity contribution in [1.82, 2.24) is 15.1 Å². The fourth-order valence-corrected chi connectivity index (χ4v) is 3.61. The van der Waals surface area contributed by atoms with Gasteiger partial charge in [0, 0.05) is 18.8 Å². The maximum absolute atomic E-state index is 12.4. The first-order valence-electron chi connectivity index (χ1n) is 7.14. The van der Waals surface area contributed by atoms with Crippen molar-refractivity contribution in [2.45, 2.75) is 32.6 Å². The number of amides is 1. The third kappa shape index (κ3) is 1.82. The Bertz CT molecular complexity index is 554. The molecule has 2 fully saturated rings. The predicted molar refractivity (Wildman–Crippen MR) is 71.3 cm³/mol. The highest BCUT2D eigenvalue weighted by molar-refractivity contribution is 5.93. The van der Waals surface area contributed by atoms with Gasteiger partial charge in [0.05, 0.1) is 5.41 Å². The molecule has 2 atom stereocenters. The van der Waals surface area contributed by atoms with Gasteiger partial charge in [-0.3, -0.25) is 14.7 Å². The highest BCUT2D eigenvalue weighted by Gasteiger charge is 2.55. The molecule has 0 aromatic carbocycles. The largest absolute Gasteiger partial charge is 0.481 e. The zero-order chi connectivity index (χ0) is 14.3. The van der Waals surface area contributed by atoms with E-state index in [9.17, 15) is 14.7 Å². The molecular formula is C14H19N3O3. The number of hydrogen-bond acceptors (Lipinski definition) is 3. The average Bonchev–Trinajstić information content (AvgIpc) is 3.11. The zero-order valence-electron chi connectivity index (χ0n) is 11.6. The number of aliphatic carboxylic acids is 1. The normalized spacial score (nSPS) is 28.6. The van der Waals surface area contributed by atoms with E-state index in [1.807, 2.05) is 6.92 Å². The van der Waals surface area contributed by atoms with Crippen LogP contribution in [0.3, 0.4) is 0 Å². The van der Waals surface area contributed by atoms with Crippen molar-refractivity contribution in [3.05, 3.63) is 17.5 Å². The minimum Gasteiger partial charge on any atom is -0.481 e. The molecule has 1 aromatic rings. The lowest BCUT2D eigenvalue weighted by molar-refractivity contribution is -0.149. The fraction of sp³-hybridized carbons (Fsp3) is 0.643. The first kappa shape index (κ1) is 13.1. The van der Waals surface area contributed by atoms with Crippen LogP contribution in [-0.2, 0) is 11.2 Å². The number of carboxylic acid groups (broad SMARTS) is 1. The number of aryl methyl sites for hydroxylation is 1. The van der Waals surface area contributed by atoms with E-state index < -0.39 is 11.4 Å². The van der Waals surface area contributed by atoms with Crippen molar-refractivity contribution in [3.63, 3.8) is 0 Å². The molecule has 0 radical (unpaired) electrons. The lowest BCUT2D eigenvalue weighted by Crippen LogP contribution is -2.37. The van der Waals surface area contributed by atoms with Gasteiger partial charge in [-0.2, -0.15) is 5.10 Å². The molecule has 1 saturated carbocycles. The molecule has 108 valence electrons. The number of aromatic nitrogens is 2. The molecule has 2 heterocycles. The summed E-state index contributed by atoms with van der Waals surface area (Å²) in [6.07, 6.45) is 3.32. The summed E-state index contributed by atoms with van der Waals surface area (Å²) >= 11 is 0. The predicted octanol–water partition coefficient (Wildman–Crippen LogP) is 1.30. The second-order valence-electron chi connectivity index (χ2n) is 5.87. The van der Waals surface area contributed by atoms with Gasteiger partial charge in [0.2, 0.25) is 0 Å². The van der Waals surface area contributed by atoms with E-state index in [4.69, 9.17) is 0 Å². The lowest BCUT2D eigenvalue weighted by Gasteiger charge is -2.22. The van der Waals surface area contributed by atoms with Crippen molar-refractivity contribution in [2.75, 3.05) is 13.1 Å². The van der Waals surface area contributed by atoms with Crippen LogP contribution in [-0.4, -0.2) is 45.2 Å². The molecule has 0 unspecified atom stereocenters. The van der Waals surface area contributed by atoms with Gasteiger partial charge in [-0.05, 0) is 31.2 Å². The monoisotopic (exact) mass is 277 g/mol. The standard InChI is InChI=1S/C14H19N3O3/c1-2-10-6-11(16-15-10)12(18)17-7-9-4-3-5-14(9,8-17)13(19)20/h6,9H,2-5,7-8H2,1H3,(H,15,16)(H,19,20)/t9-,14+/m0/s1. The molecule has 1 saturated heterocycles. The molecule has 3 rings (SSSR count). The van der Waals surface area contributed by atoms with Crippen molar-refractivity contribution < 1.29 is 14.7 Å². The summed E-state index contributed by atoms with van der Waals surface area (Å²) in [5.74, 6) is -0.823. The summed E-state index contributed by atoms with van der Waals surface area (Å²) in [5, 5.41) is 16.4. The number of hydrogen-bond donors (Lipinski definition) is 2. The van der Waals surface area contributed by atoms with E-state index in [0.717, 1.165) is 25.0 Å². The molecule has 2 aliphatic rings. The number of rotatable bonds is 3. The van der Waals surface area contributed by atoms with Gasteiger partial charge in [0.1, 0.15) is 5.69 Å². The summed E-state index contributed by atoms with van der Waals surface area (Å²) in [7, 11) is 0. The Morgan fingerprint density at radius 3 is 3.00 bits per heavy atom. The number of nitrogens with one attached hydrogen (secondary N) is 1. The average molecular weight is 277 g/mol. The van der Waals surface area contributed by atoms with Gasteiger partial charge in [0.15, 0.2) is 0 Å². The minimum atomic E-state index is -0.758. The number of aromatic amines is 1. The van der Waals surface area contributed by atoms with E-state index >= 15 is 0 Å². The molecule has 1 amide bonds. The summed E-state index contributed by atoms with van der Waals surface area (Å²) in [6.45, 7) is 2.85. The molecule has 1 aliphatic heterocycles. The lowest BCUT2D eigenvalue weighted by atomic mass is 9.81. The van der Waals surface area contributed by atoms with Gasteiger partial charge < -0.3 is 10.0 Å². The van der Waals surface area contributed by atoms with E-state index in [1.54, 1.807) is 11.0 Å². The van der Waals surface area contributed by atoms with Crippen LogP contribution in [0.25, 0.3) is 0 Å². The van der Waals surface area contributed by atoms with Gasteiger partial charge in [-0.25, -0.2) is 0 Å². The fourth-order valence-electron chi connectivity index (χ4n) is 3.61. The van der Waals surface area contributed by atoms with Crippen molar-refractivity contribution in [2.24, 2.45) is 11.3 Å². The van der Waals surface area contributed by atoms with Gasteiger partial charge in [0.25, 0.3) is 5.91 Å². The Kier molecular flexibility index (Phi) is 3.03. The van der Waals surface area contributed by atoms with Crippen molar-refractivity contribution in [3.8, 4) is 0 Å². The Hall–Kier alpha value is -1.85. The molecule has 20 heavy (non-hydrogen) atoms. The van der Waals surface area contributed by atoms with Crippen molar-refractivity contribution >= 4 is 11.9 Å². The van der Waals surface area contributed by atoms with Crippen LogP contribution in [0.2, 0.25) is 0 Å². The number of carbonyl (C=O) groups excluding carboxylic acids is 1. The number of nitrogens with zero attached hydrogens (tertiary/aromatic N) is 2. The van der Waals surface area contributed by atoms with Crippen LogP contribution < -0.4 is 0 Å². The highest BCUT2D eigenvalue weighted by Crippen LogP contribution is 2.49. The first-order valence-corrected chi connectivity index (χ1v) is 7.14. The van der Waals surface area contributed by atoms with Crippen LogP contribution in [0.15, 0.2) is 6.07 Å². The third-order valence-corrected chi connectivity index (χ3v) is 4.81. The number of carbonyl (C=O) groups is 2. The summed E-state index contributed by atoms with van der Waals surface area (Å²) in [4.78, 5) is 25.7. The van der Waals surface area contributed by atoms with E-state index in [-0.39, 0.29) is 11.8 Å². The summed E-state index contributed by atoms with van der Waals surface area (Å²) < 4.78 is 0. The van der Waals surface area contributed by atoms with Crippen LogP contribution in [0, 0.1) is 11.3 Å². The third-order valence-electron chi connectivity index (χ3n) is 4.81. The summed E-state index contributed by atoms with van der Waals surface area (Å²) in [6, 6.07) is 1.75. The van der Waals surface area contributed by atoms with E-state index in [2.05, 4.69) is 10.2 Å². The number of fused-ring (bicyclic) bond motifs is 1. The minimum absolute atomic E-state index is 0.0912. The zero-order valence-corrected chi connectivity index (χ0v) is 11.6. The van der Waals surface area contributed by atoms with E-state index in [0.29, 0.717) is 25.2 Å². The van der Waals surface area contributed by atoms with Crippen LogP contribution in [0.5, 0.6) is 0 Å². The van der Waals surface area contributed by atoms with Crippen LogP contribution >= 0.6 is 0 Å². The molecule has 0 spiro atoms. The van der Waals surface area contributed by atoms with Crippen molar-refractivity contribution in [1.29, 1.82) is 0 Å². The van der Waals surface area contributed by atoms with Gasteiger partial charge in [-0.15, -0.1) is 0 Å². The molecule has 6 heteroatoms. The Labute approximate surface area is 117 Å².